The smallest absolute Gasteiger partial charge is 0.410 e. The summed E-state index contributed by atoms with van der Waals surface area (Å²) < 4.78 is 32.4. The average molecular weight is 277 g/mol. The van der Waals surface area contributed by atoms with Gasteiger partial charge in [0.05, 0.1) is 6.54 Å². The van der Waals surface area contributed by atoms with E-state index >= 15 is 0 Å². The number of alkyl halides is 2. The number of nitrogens with zero attached hydrogens (tertiary/aromatic N) is 1. The van der Waals surface area contributed by atoms with Crippen LogP contribution in [-0.4, -0.2) is 35.1 Å². The zero-order valence-corrected chi connectivity index (χ0v) is 12.7. The van der Waals surface area contributed by atoms with Gasteiger partial charge in [-0.2, -0.15) is 0 Å². The van der Waals surface area contributed by atoms with Crippen molar-refractivity contribution in [2.24, 2.45) is 5.41 Å². The lowest BCUT2D eigenvalue weighted by Gasteiger charge is -2.45. The first kappa shape index (κ1) is 16.2. The van der Waals surface area contributed by atoms with Crippen LogP contribution in [-0.2, 0) is 4.74 Å². The third kappa shape index (κ3) is 4.62. The lowest BCUT2D eigenvalue weighted by molar-refractivity contribution is -0.101. The van der Waals surface area contributed by atoms with Crippen LogP contribution < -0.4 is 0 Å². The second-order valence-corrected chi connectivity index (χ2v) is 7.38. The molecule has 1 rings (SSSR count). The van der Waals surface area contributed by atoms with Gasteiger partial charge in [-0.15, -0.1) is 0 Å². The quantitative estimate of drug-likeness (QED) is 0.668. The maximum Gasteiger partial charge on any atom is 0.410 e. The number of halogens is 2. The number of hydrogen-bond acceptors (Lipinski definition) is 2. The molecule has 112 valence electrons. The molecule has 0 aromatic carbocycles. The molecular formula is C14H25F2NO2. The summed E-state index contributed by atoms with van der Waals surface area (Å²) in [5.41, 5.74) is -0.917. The topological polar surface area (TPSA) is 29.5 Å². The number of carbonyl (C=O) groups is 1. The second kappa shape index (κ2) is 4.91. The Morgan fingerprint density at radius 3 is 2.16 bits per heavy atom. The molecule has 1 heterocycles. The molecule has 0 aliphatic carbocycles. The first-order valence-corrected chi connectivity index (χ1v) is 6.69. The molecule has 0 N–H and O–H groups in total. The van der Waals surface area contributed by atoms with Gasteiger partial charge in [-0.05, 0) is 32.6 Å². The largest absolute Gasteiger partial charge is 0.444 e. The standard InChI is InChI=1S/C14H25F2NO2/c1-12(2,3)10-7-8-14(15,16)9-17(10)11(18)19-13(4,5)6/h10H,7-9H2,1-6H3. The Balaban J connectivity index is 2.92. The predicted molar refractivity (Wildman–Crippen MR) is 70.4 cm³/mol. The van der Waals surface area contributed by atoms with Crippen LogP contribution in [0.4, 0.5) is 13.6 Å². The number of ether oxygens (including phenoxy) is 1. The zero-order valence-electron chi connectivity index (χ0n) is 12.7. The number of likely N-dealkylation sites (tertiary alicyclic amines) is 1. The van der Waals surface area contributed by atoms with Crippen molar-refractivity contribution in [1.82, 2.24) is 4.90 Å². The highest BCUT2D eigenvalue weighted by atomic mass is 19.3. The summed E-state index contributed by atoms with van der Waals surface area (Å²) in [6, 6.07) is -0.220. The fourth-order valence-corrected chi connectivity index (χ4v) is 2.36. The van der Waals surface area contributed by atoms with Gasteiger partial charge in [-0.25, -0.2) is 13.6 Å². The van der Waals surface area contributed by atoms with Crippen LogP contribution in [0.3, 0.4) is 0 Å². The van der Waals surface area contributed by atoms with Crippen LogP contribution in [0.2, 0.25) is 0 Å². The van der Waals surface area contributed by atoms with Gasteiger partial charge in [0.25, 0.3) is 5.92 Å². The fraction of sp³-hybridized carbons (Fsp3) is 0.929. The molecule has 0 aromatic heterocycles. The lowest BCUT2D eigenvalue weighted by Crippen LogP contribution is -2.56. The van der Waals surface area contributed by atoms with Gasteiger partial charge >= 0.3 is 6.09 Å². The van der Waals surface area contributed by atoms with Crippen LogP contribution in [0.5, 0.6) is 0 Å². The molecule has 1 aliphatic heterocycles. The second-order valence-electron chi connectivity index (χ2n) is 7.38. The van der Waals surface area contributed by atoms with E-state index in [1.165, 1.54) is 4.90 Å². The lowest BCUT2D eigenvalue weighted by atomic mass is 9.80. The van der Waals surface area contributed by atoms with E-state index < -0.39 is 24.2 Å². The van der Waals surface area contributed by atoms with E-state index in [4.69, 9.17) is 4.74 Å². The summed E-state index contributed by atoms with van der Waals surface area (Å²) in [7, 11) is 0. The number of piperidine rings is 1. The minimum atomic E-state index is -2.82. The molecule has 0 bridgehead atoms. The van der Waals surface area contributed by atoms with E-state index in [2.05, 4.69) is 0 Å². The van der Waals surface area contributed by atoms with Crippen molar-refractivity contribution in [3.8, 4) is 0 Å². The monoisotopic (exact) mass is 277 g/mol. The van der Waals surface area contributed by atoms with Gasteiger partial charge in [0, 0.05) is 12.5 Å². The van der Waals surface area contributed by atoms with E-state index in [1.807, 2.05) is 20.8 Å². The molecule has 1 aliphatic rings. The van der Waals surface area contributed by atoms with E-state index in [9.17, 15) is 13.6 Å². The molecule has 1 amide bonds. The maximum absolute atomic E-state index is 13.6. The van der Waals surface area contributed by atoms with E-state index in [0.717, 1.165) is 0 Å². The molecule has 1 saturated heterocycles. The highest BCUT2D eigenvalue weighted by Crippen LogP contribution is 2.38. The van der Waals surface area contributed by atoms with E-state index in [-0.39, 0.29) is 17.9 Å². The maximum atomic E-state index is 13.6. The summed E-state index contributed by atoms with van der Waals surface area (Å²) in [5.74, 6) is -2.82. The first-order valence-electron chi connectivity index (χ1n) is 6.69. The normalized spacial score (nSPS) is 24.2. The van der Waals surface area contributed by atoms with Crippen molar-refractivity contribution < 1.29 is 18.3 Å². The van der Waals surface area contributed by atoms with Crippen molar-refractivity contribution in [3.05, 3.63) is 0 Å². The molecule has 19 heavy (non-hydrogen) atoms. The van der Waals surface area contributed by atoms with E-state index in [0.29, 0.717) is 6.42 Å². The molecule has 1 atom stereocenters. The van der Waals surface area contributed by atoms with Crippen molar-refractivity contribution in [2.75, 3.05) is 6.54 Å². The number of carbonyl (C=O) groups excluding carboxylic acids is 1. The minimum absolute atomic E-state index is 0.172. The number of rotatable bonds is 0. The minimum Gasteiger partial charge on any atom is -0.444 e. The summed E-state index contributed by atoms with van der Waals surface area (Å²) in [4.78, 5) is 13.3. The van der Waals surface area contributed by atoms with Gasteiger partial charge in [-0.1, -0.05) is 20.8 Å². The Bertz CT molecular complexity index is 342. The van der Waals surface area contributed by atoms with Crippen LogP contribution in [0.1, 0.15) is 54.4 Å². The van der Waals surface area contributed by atoms with Crippen molar-refractivity contribution in [1.29, 1.82) is 0 Å². The van der Waals surface area contributed by atoms with Crippen LogP contribution in [0.15, 0.2) is 0 Å². The van der Waals surface area contributed by atoms with Gasteiger partial charge in [-0.3, -0.25) is 4.90 Å². The summed E-state index contributed by atoms with van der Waals surface area (Å²) in [6.07, 6.45) is -0.518. The predicted octanol–water partition coefficient (Wildman–Crippen LogP) is 4.07. The Morgan fingerprint density at radius 1 is 1.21 bits per heavy atom. The summed E-state index contributed by atoms with van der Waals surface area (Å²) >= 11 is 0. The molecule has 0 aromatic rings. The van der Waals surface area contributed by atoms with E-state index in [1.54, 1.807) is 20.8 Å². The Labute approximate surface area is 114 Å². The molecule has 0 saturated carbocycles. The van der Waals surface area contributed by atoms with Gasteiger partial charge in [0.1, 0.15) is 5.60 Å². The Kier molecular flexibility index (Phi) is 4.18. The number of hydrogen-bond donors (Lipinski definition) is 0. The molecule has 5 heteroatoms. The fourth-order valence-electron chi connectivity index (χ4n) is 2.36. The van der Waals surface area contributed by atoms with Crippen molar-refractivity contribution >= 4 is 6.09 Å². The van der Waals surface area contributed by atoms with Crippen LogP contribution in [0.25, 0.3) is 0 Å². The van der Waals surface area contributed by atoms with Gasteiger partial charge in [0.2, 0.25) is 0 Å². The highest BCUT2D eigenvalue weighted by Gasteiger charge is 2.46. The third-order valence-corrected chi connectivity index (χ3v) is 3.19. The summed E-state index contributed by atoms with van der Waals surface area (Å²) in [5, 5.41) is 0. The molecule has 1 unspecified atom stereocenters. The van der Waals surface area contributed by atoms with Crippen molar-refractivity contribution in [3.63, 3.8) is 0 Å². The van der Waals surface area contributed by atoms with Crippen LogP contribution in [0, 0.1) is 5.41 Å². The first-order chi connectivity index (χ1) is 8.32. The van der Waals surface area contributed by atoms with Gasteiger partial charge < -0.3 is 4.74 Å². The highest BCUT2D eigenvalue weighted by molar-refractivity contribution is 5.69. The molecule has 3 nitrogen and oxygen atoms in total. The number of amides is 1. The SMILES string of the molecule is CC(C)(C)OC(=O)N1CC(F)(F)CCC1C(C)(C)C. The molecule has 0 spiro atoms. The molecule has 1 fully saturated rings. The molecule has 0 radical (unpaired) electrons. The Morgan fingerprint density at radius 2 is 1.74 bits per heavy atom. The van der Waals surface area contributed by atoms with Gasteiger partial charge in [0.15, 0.2) is 0 Å². The zero-order chi connectivity index (χ0) is 15.1. The van der Waals surface area contributed by atoms with Crippen molar-refractivity contribution in [2.45, 2.75) is 71.9 Å². The molecular weight excluding hydrogens is 252 g/mol. The van der Waals surface area contributed by atoms with Crippen LogP contribution >= 0.6 is 0 Å². The summed E-state index contributed by atoms with van der Waals surface area (Å²) in [6.45, 7) is 10.5. The average Bonchev–Trinajstić information content (AvgIpc) is 2.11. The Hall–Kier alpha value is -0.870. The third-order valence-electron chi connectivity index (χ3n) is 3.19.